The van der Waals surface area contributed by atoms with Crippen molar-refractivity contribution in [3.05, 3.63) is 30.3 Å². The number of benzene rings is 1. The molecule has 0 radical (unpaired) electrons. The lowest BCUT2D eigenvalue weighted by atomic mass is 10.3. The molecule has 3 aliphatic heterocycles. The lowest BCUT2D eigenvalue weighted by molar-refractivity contribution is 0.0373. The first-order valence-corrected chi connectivity index (χ1v) is 11.8. The number of amides is 1. The van der Waals surface area contributed by atoms with Gasteiger partial charge in [-0.05, 0) is 12.1 Å². The van der Waals surface area contributed by atoms with Gasteiger partial charge in [-0.3, -0.25) is 0 Å². The summed E-state index contributed by atoms with van der Waals surface area (Å²) in [6.45, 7) is 8.28. The Kier molecular flexibility index (Phi) is 7.31. The molecule has 0 aliphatic carbocycles. The molecule has 0 saturated carbocycles. The molecule has 3 aliphatic rings. The van der Waals surface area contributed by atoms with Gasteiger partial charge in [-0.15, -0.1) is 4.74 Å². The van der Waals surface area contributed by atoms with Gasteiger partial charge in [0.2, 0.25) is 0 Å². The van der Waals surface area contributed by atoms with Gasteiger partial charge < -0.3 is 18.9 Å². The minimum absolute atomic E-state index is 0.505. The van der Waals surface area contributed by atoms with Crippen LogP contribution in [0.1, 0.15) is 0 Å². The van der Waals surface area contributed by atoms with E-state index in [2.05, 4.69) is 14.0 Å². The Labute approximate surface area is 171 Å². The monoisotopic (exact) mass is 424 g/mol. The SMILES string of the molecule is O=C(N=P(N1CCOCC1)(N1CCOCC1)N1CCOCC1)Oc1ccccc1. The number of rotatable bonds is 4. The number of hydrogen-bond donors (Lipinski definition) is 0. The minimum atomic E-state index is -2.51. The predicted molar refractivity (Wildman–Crippen MR) is 109 cm³/mol. The van der Waals surface area contributed by atoms with Crippen LogP contribution >= 0.6 is 7.51 Å². The van der Waals surface area contributed by atoms with Crippen molar-refractivity contribution >= 4 is 13.6 Å². The van der Waals surface area contributed by atoms with Crippen LogP contribution in [-0.4, -0.2) is 99.0 Å². The van der Waals surface area contributed by atoms with Crippen LogP contribution in [0.5, 0.6) is 5.75 Å². The van der Waals surface area contributed by atoms with Crippen LogP contribution in [0.15, 0.2) is 35.1 Å². The van der Waals surface area contributed by atoms with Crippen molar-refractivity contribution in [2.45, 2.75) is 0 Å². The molecule has 3 fully saturated rings. The van der Waals surface area contributed by atoms with Crippen LogP contribution in [0.3, 0.4) is 0 Å². The second-order valence-electron chi connectivity index (χ2n) is 7.02. The summed E-state index contributed by atoms with van der Waals surface area (Å²) < 4.78 is 34.3. The Morgan fingerprint density at radius 2 is 1.17 bits per heavy atom. The maximum Gasteiger partial charge on any atom is 0.441 e. The van der Waals surface area contributed by atoms with Crippen molar-refractivity contribution < 1.29 is 23.7 Å². The highest BCUT2D eigenvalue weighted by atomic mass is 31.2. The van der Waals surface area contributed by atoms with Gasteiger partial charge >= 0.3 is 6.09 Å². The third-order valence-corrected chi connectivity index (χ3v) is 9.17. The molecular formula is C19H29N4O5P. The van der Waals surface area contributed by atoms with Gasteiger partial charge in [-0.25, -0.2) is 18.8 Å². The number of carbonyl (C=O) groups excluding carboxylic acids is 1. The highest BCUT2D eigenvalue weighted by molar-refractivity contribution is 7.59. The number of ether oxygens (including phenoxy) is 4. The molecule has 160 valence electrons. The molecule has 29 heavy (non-hydrogen) atoms. The lowest BCUT2D eigenvalue weighted by Gasteiger charge is -2.51. The van der Waals surface area contributed by atoms with Gasteiger partial charge in [0.1, 0.15) is 5.75 Å². The summed E-state index contributed by atoms with van der Waals surface area (Å²) in [6.07, 6.45) is -0.547. The molecule has 0 bridgehead atoms. The molecule has 0 atom stereocenters. The maximum absolute atomic E-state index is 13.0. The van der Waals surface area contributed by atoms with Crippen molar-refractivity contribution in [2.75, 3.05) is 78.9 Å². The molecule has 3 saturated heterocycles. The number of hydrogen-bond acceptors (Lipinski definition) is 5. The van der Waals surface area contributed by atoms with Crippen LogP contribution < -0.4 is 4.74 Å². The van der Waals surface area contributed by atoms with Crippen LogP contribution in [0.4, 0.5) is 4.79 Å². The lowest BCUT2D eigenvalue weighted by Crippen LogP contribution is -2.51. The van der Waals surface area contributed by atoms with Gasteiger partial charge in [0.05, 0.1) is 39.6 Å². The van der Waals surface area contributed by atoms with Crippen molar-refractivity contribution in [3.8, 4) is 5.75 Å². The molecule has 10 heteroatoms. The van der Waals surface area contributed by atoms with Crippen molar-refractivity contribution in [1.29, 1.82) is 0 Å². The first kappa shape index (κ1) is 20.9. The number of carbonyl (C=O) groups is 1. The summed E-state index contributed by atoms with van der Waals surface area (Å²) in [5.41, 5.74) is 0. The van der Waals surface area contributed by atoms with Gasteiger partial charge in [0, 0.05) is 39.3 Å². The van der Waals surface area contributed by atoms with Crippen LogP contribution in [0, 0.1) is 0 Å². The first-order chi connectivity index (χ1) is 14.3. The Morgan fingerprint density at radius 3 is 1.59 bits per heavy atom. The Balaban J connectivity index is 1.72. The second-order valence-corrected chi connectivity index (χ2v) is 9.99. The van der Waals surface area contributed by atoms with Crippen molar-refractivity contribution in [3.63, 3.8) is 0 Å². The molecular weight excluding hydrogens is 395 g/mol. The van der Waals surface area contributed by atoms with Crippen LogP contribution in [-0.2, 0) is 14.2 Å². The second kappa shape index (κ2) is 10.1. The number of nitrogens with zero attached hydrogens (tertiary/aromatic N) is 4. The Morgan fingerprint density at radius 1 is 0.759 bits per heavy atom. The fraction of sp³-hybridized carbons (Fsp3) is 0.632. The van der Waals surface area contributed by atoms with Crippen molar-refractivity contribution in [1.82, 2.24) is 14.0 Å². The topological polar surface area (TPSA) is 76.1 Å². The number of morpholine rings is 3. The first-order valence-electron chi connectivity index (χ1n) is 10.2. The van der Waals surface area contributed by atoms with Crippen LogP contribution in [0.25, 0.3) is 0 Å². The quantitative estimate of drug-likeness (QED) is 0.681. The van der Waals surface area contributed by atoms with E-state index in [-0.39, 0.29) is 0 Å². The smallest absolute Gasteiger partial charge is 0.409 e. The van der Waals surface area contributed by atoms with E-state index in [1.807, 2.05) is 18.2 Å². The van der Waals surface area contributed by atoms with E-state index in [4.69, 9.17) is 23.7 Å². The van der Waals surface area contributed by atoms with Gasteiger partial charge in [-0.2, -0.15) is 0 Å². The van der Waals surface area contributed by atoms with E-state index < -0.39 is 13.6 Å². The molecule has 0 N–H and O–H groups in total. The summed E-state index contributed by atoms with van der Waals surface area (Å²) in [5.74, 6) is 0.505. The molecule has 1 aromatic carbocycles. The molecule has 9 nitrogen and oxygen atoms in total. The molecule has 0 aromatic heterocycles. The van der Waals surface area contributed by atoms with Gasteiger partial charge in [0.25, 0.3) is 0 Å². The molecule has 0 spiro atoms. The standard InChI is InChI=1S/C19H29N4O5P/c24-19(28-18-4-2-1-3-5-18)20-29(21-6-12-25-13-7-21,22-8-14-26-15-9-22)23-10-16-27-17-11-23/h1-5H,6-17H2. The average molecular weight is 424 g/mol. The molecule has 0 unspecified atom stereocenters. The molecule has 4 rings (SSSR count). The zero-order chi connectivity index (χ0) is 19.9. The average Bonchev–Trinajstić information content (AvgIpc) is 2.80. The summed E-state index contributed by atoms with van der Waals surface area (Å²) in [4.78, 5) is 13.0. The van der Waals surface area contributed by atoms with Gasteiger partial charge in [0.15, 0.2) is 7.51 Å². The van der Waals surface area contributed by atoms with E-state index in [9.17, 15) is 4.79 Å². The fourth-order valence-corrected chi connectivity index (χ4v) is 7.72. The minimum Gasteiger partial charge on any atom is -0.409 e. The van der Waals surface area contributed by atoms with Crippen molar-refractivity contribution in [2.24, 2.45) is 4.74 Å². The zero-order valence-electron chi connectivity index (χ0n) is 16.6. The summed E-state index contributed by atoms with van der Waals surface area (Å²) in [5, 5.41) is 0. The number of para-hydroxylation sites is 1. The largest absolute Gasteiger partial charge is 0.441 e. The third-order valence-electron chi connectivity index (χ3n) is 5.27. The van der Waals surface area contributed by atoms with E-state index in [1.165, 1.54) is 0 Å². The maximum atomic E-state index is 13.0. The Hall–Kier alpha value is -1.32. The predicted octanol–water partition coefficient (Wildman–Crippen LogP) is 2.13. The van der Waals surface area contributed by atoms with E-state index in [0.29, 0.717) is 45.4 Å². The van der Waals surface area contributed by atoms with Crippen LogP contribution in [0.2, 0.25) is 0 Å². The van der Waals surface area contributed by atoms with E-state index in [1.54, 1.807) is 12.1 Å². The molecule has 1 amide bonds. The normalized spacial score (nSPS) is 22.9. The zero-order valence-corrected chi connectivity index (χ0v) is 17.5. The summed E-state index contributed by atoms with van der Waals surface area (Å²) in [6, 6.07) is 9.12. The van der Waals surface area contributed by atoms with Gasteiger partial charge in [-0.1, -0.05) is 18.2 Å². The molecule has 1 aromatic rings. The molecule has 3 heterocycles. The Bertz CT molecular complexity index is 664. The highest BCUT2D eigenvalue weighted by Gasteiger charge is 2.43. The highest BCUT2D eigenvalue weighted by Crippen LogP contribution is 2.60. The van der Waals surface area contributed by atoms with E-state index >= 15 is 0 Å². The third kappa shape index (κ3) is 4.88. The summed E-state index contributed by atoms with van der Waals surface area (Å²) >= 11 is 0. The fourth-order valence-electron chi connectivity index (χ4n) is 3.91. The summed E-state index contributed by atoms with van der Waals surface area (Å²) in [7, 11) is -2.51. The van der Waals surface area contributed by atoms with E-state index in [0.717, 1.165) is 39.3 Å².